The van der Waals surface area contributed by atoms with Crippen LogP contribution >= 0.6 is 0 Å². The lowest BCUT2D eigenvalue weighted by molar-refractivity contribution is -0.142. The lowest BCUT2D eigenvalue weighted by atomic mass is 9.96. The summed E-state index contributed by atoms with van der Waals surface area (Å²) in [5.41, 5.74) is 0.162. The van der Waals surface area contributed by atoms with Crippen LogP contribution in [-0.2, 0) is 4.79 Å². The average molecular weight is 240 g/mol. The highest BCUT2D eigenvalue weighted by molar-refractivity contribution is 5.92. The molecule has 1 aromatic rings. The number of nitrogens with one attached hydrogen (secondary N) is 1. The molecule has 0 saturated carbocycles. The molecule has 1 atom stereocenters. The van der Waals surface area contributed by atoms with E-state index in [-0.39, 0.29) is 18.2 Å². The van der Waals surface area contributed by atoms with Crippen LogP contribution in [0.15, 0.2) is 10.6 Å². The Hall–Kier alpha value is -1.85. The predicted molar refractivity (Wildman–Crippen MR) is 59.5 cm³/mol. The number of carbonyl (C=O) groups is 2. The molecule has 1 rings (SSSR count). The van der Waals surface area contributed by atoms with E-state index in [2.05, 4.69) is 10.5 Å². The van der Waals surface area contributed by atoms with E-state index < -0.39 is 17.8 Å². The molecule has 17 heavy (non-hydrogen) atoms. The van der Waals surface area contributed by atoms with E-state index in [1.165, 1.54) is 6.07 Å². The van der Waals surface area contributed by atoms with E-state index in [0.717, 1.165) is 0 Å². The van der Waals surface area contributed by atoms with Gasteiger partial charge >= 0.3 is 5.97 Å². The Kier molecular flexibility index (Phi) is 4.25. The van der Waals surface area contributed by atoms with Crippen molar-refractivity contribution in [1.29, 1.82) is 0 Å². The number of carboxylic acid groups (broad SMARTS) is 1. The fraction of sp³-hybridized carbons (Fsp3) is 0.545. The molecule has 0 aliphatic carbocycles. The van der Waals surface area contributed by atoms with Gasteiger partial charge < -0.3 is 14.9 Å². The van der Waals surface area contributed by atoms with Gasteiger partial charge in [-0.1, -0.05) is 19.0 Å². The maximum Gasteiger partial charge on any atom is 0.308 e. The zero-order chi connectivity index (χ0) is 13.0. The largest absolute Gasteiger partial charge is 0.481 e. The Morgan fingerprint density at radius 3 is 2.59 bits per heavy atom. The minimum atomic E-state index is -0.920. The van der Waals surface area contributed by atoms with Crippen LogP contribution in [-0.4, -0.2) is 28.7 Å². The summed E-state index contributed by atoms with van der Waals surface area (Å²) in [5.74, 6) is -1.46. The zero-order valence-electron chi connectivity index (χ0n) is 10.1. The second kappa shape index (κ2) is 5.47. The molecule has 2 N–H and O–H groups in total. The van der Waals surface area contributed by atoms with Gasteiger partial charge in [0.25, 0.3) is 5.91 Å². The van der Waals surface area contributed by atoms with Crippen LogP contribution in [0.5, 0.6) is 0 Å². The van der Waals surface area contributed by atoms with Crippen LogP contribution in [0.2, 0.25) is 0 Å². The standard InChI is InChI=1S/C11H16N2O4/c1-6(2)8(11(15)16)5-12-10(14)9-4-7(3)17-13-9/h4,6,8H,5H2,1-3H3,(H,12,14)(H,15,16). The summed E-state index contributed by atoms with van der Waals surface area (Å²) in [7, 11) is 0. The molecule has 1 amide bonds. The first-order valence-electron chi connectivity index (χ1n) is 5.36. The maximum atomic E-state index is 11.6. The van der Waals surface area contributed by atoms with Crippen LogP contribution in [0.4, 0.5) is 0 Å². The fourth-order valence-corrected chi connectivity index (χ4v) is 1.37. The molecule has 0 spiro atoms. The van der Waals surface area contributed by atoms with Gasteiger partial charge in [0.15, 0.2) is 5.69 Å². The van der Waals surface area contributed by atoms with Crippen molar-refractivity contribution in [3.05, 3.63) is 17.5 Å². The average Bonchev–Trinajstić information content (AvgIpc) is 2.63. The fourth-order valence-electron chi connectivity index (χ4n) is 1.37. The third-order valence-corrected chi connectivity index (χ3v) is 2.47. The molecule has 0 aliphatic heterocycles. The number of aliphatic carboxylic acids is 1. The second-order valence-corrected chi connectivity index (χ2v) is 4.22. The van der Waals surface area contributed by atoms with Gasteiger partial charge in [0, 0.05) is 12.6 Å². The molecular formula is C11H16N2O4. The molecule has 6 nitrogen and oxygen atoms in total. The molecule has 1 unspecified atom stereocenters. The minimum Gasteiger partial charge on any atom is -0.481 e. The Labute approximate surface area is 99.0 Å². The first-order valence-corrected chi connectivity index (χ1v) is 5.36. The van der Waals surface area contributed by atoms with Crippen molar-refractivity contribution < 1.29 is 19.2 Å². The van der Waals surface area contributed by atoms with Crippen LogP contribution in [0.3, 0.4) is 0 Å². The van der Waals surface area contributed by atoms with Gasteiger partial charge in [-0.05, 0) is 12.8 Å². The minimum absolute atomic E-state index is 0.0492. The molecule has 94 valence electrons. The highest BCUT2D eigenvalue weighted by atomic mass is 16.5. The van der Waals surface area contributed by atoms with Crippen LogP contribution in [0.25, 0.3) is 0 Å². The maximum absolute atomic E-state index is 11.6. The highest BCUT2D eigenvalue weighted by Crippen LogP contribution is 2.10. The van der Waals surface area contributed by atoms with Gasteiger partial charge in [0.2, 0.25) is 0 Å². The SMILES string of the molecule is Cc1cc(C(=O)NCC(C(=O)O)C(C)C)no1. The number of amides is 1. The number of carbonyl (C=O) groups excluding carboxylic acids is 1. The summed E-state index contributed by atoms with van der Waals surface area (Å²) >= 11 is 0. The molecular weight excluding hydrogens is 224 g/mol. The zero-order valence-corrected chi connectivity index (χ0v) is 10.1. The number of hydrogen-bond donors (Lipinski definition) is 2. The summed E-state index contributed by atoms with van der Waals surface area (Å²) in [6.45, 7) is 5.35. The van der Waals surface area contributed by atoms with Crippen LogP contribution in [0, 0.1) is 18.8 Å². The summed E-state index contributed by atoms with van der Waals surface area (Å²) in [6, 6.07) is 1.50. The molecule has 0 aromatic carbocycles. The van der Waals surface area contributed by atoms with Crippen molar-refractivity contribution in [2.45, 2.75) is 20.8 Å². The Morgan fingerprint density at radius 2 is 2.18 bits per heavy atom. The van der Waals surface area contributed by atoms with Crippen LogP contribution < -0.4 is 5.32 Å². The van der Waals surface area contributed by atoms with Gasteiger partial charge in [0.05, 0.1) is 5.92 Å². The van der Waals surface area contributed by atoms with Crippen molar-refractivity contribution in [2.75, 3.05) is 6.54 Å². The predicted octanol–water partition coefficient (Wildman–Crippen LogP) is 1.07. The Bertz CT molecular complexity index is 411. The van der Waals surface area contributed by atoms with E-state index >= 15 is 0 Å². The van der Waals surface area contributed by atoms with Crippen molar-refractivity contribution in [2.24, 2.45) is 11.8 Å². The number of hydrogen-bond acceptors (Lipinski definition) is 4. The lowest BCUT2D eigenvalue weighted by Crippen LogP contribution is -2.35. The smallest absolute Gasteiger partial charge is 0.308 e. The van der Waals surface area contributed by atoms with E-state index in [9.17, 15) is 9.59 Å². The quantitative estimate of drug-likeness (QED) is 0.803. The van der Waals surface area contributed by atoms with Gasteiger partial charge in [-0.3, -0.25) is 9.59 Å². The summed E-state index contributed by atoms with van der Waals surface area (Å²) in [5, 5.41) is 15.0. The summed E-state index contributed by atoms with van der Waals surface area (Å²) < 4.78 is 4.76. The van der Waals surface area contributed by atoms with Gasteiger partial charge in [-0.25, -0.2) is 0 Å². The molecule has 0 saturated heterocycles. The van der Waals surface area contributed by atoms with Crippen LogP contribution in [0.1, 0.15) is 30.1 Å². The highest BCUT2D eigenvalue weighted by Gasteiger charge is 2.22. The second-order valence-electron chi connectivity index (χ2n) is 4.22. The number of aryl methyl sites for hydroxylation is 1. The lowest BCUT2D eigenvalue weighted by Gasteiger charge is -2.16. The normalized spacial score (nSPS) is 12.5. The molecule has 6 heteroatoms. The summed E-state index contributed by atoms with van der Waals surface area (Å²) in [4.78, 5) is 22.5. The van der Waals surface area contributed by atoms with E-state index in [1.807, 2.05) is 0 Å². The third-order valence-electron chi connectivity index (χ3n) is 2.47. The molecule has 0 bridgehead atoms. The van der Waals surface area contributed by atoms with Gasteiger partial charge in [-0.15, -0.1) is 0 Å². The number of rotatable bonds is 5. The van der Waals surface area contributed by atoms with Crippen molar-refractivity contribution in [3.8, 4) is 0 Å². The topological polar surface area (TPSA) is 92.4 Å². The molecule has 0 aliphatic rings. The van der Waals surface area contributed by atoms with Crippen molar-refractivity contribution in [3.63, 3.8) is 0 Å². The number of nitrogens with zero attached hydrogens (tertiary/aromatic N) is 1. The number of aromatic nitrogens is 1. The first-order chi connectivity index (χ1) is 7.91. The Balaban J connectivity index is 2.55. The summed E-state index contributed by atoms with van der Waals surface area (Å²) in [6.07, 6.45) is 0. The van der Waals surface area contributed by atoms with E-state index in [1.54, 1.807) is 20.8 Å². The van der Waals surface area contributed by atoms with E-state index in [4.69, 9.17) is 9.63 Å². The molecule has 1 heterocycles. The van der Waals surface area contributed by atoms with Gasteiger partial charge in [-0.2, -0.15) is 0 Å². The van der Waals surface area contributed by atoms with Gasteiger partial charge in [0.1, 0.15) is 5.76 Å². The third kappa shape index (κ3) is 3.58. The monoisotopic (exact) mass is 240 g/mol. The van der Waals surface area contributed by atoms with Crippen molar-refractivity contribution in [1.82, 2.24) is 10.5 Å². The number of carboxylic acids is 1. The molecule has 0 radical (unpaired) electrons. The first kappa shape index (κ1) is 13.2. The Morgan fingerprint density at radius 1 is 1.53 bits per heavy atom. The van der Waals surface area contributed by atoms with E-state index in [0.29, 0.717) is 5.76 Å². The van der Waals surface area contributed by atoms with Crippen molar-refractivity contribution >= 4 is 11.9 Å². The molecule has 0 fully saturated rings. The molecule has 1 aromatic heterocycles.